The first kappa shape index (κ1) is 11.4. The largest absolute Gasteiger partial charge is 0.348 e. The number of rotatable bonds is 3. The normalized spacial score (nSPS) is 32.9. The molecular weight excluding hydrogens is 216 g/mol. The molecule has 1 saturated carbocycles. The Labute approximate surface area is 90.9 Å². The Balaban J connectivity index is 2.00. The van der Waals surface area contributed by atoms with Gasteiger partial charge in [-0.2, -0.15) is 0 Å². The van der Waals surface area contributed by atoms with Crippen LogP contribution in [-0.4, -0.2) is 37.9 Å². The molecule has 1 atom stereocenters. The molecule has 0 amide bonds. The molecule has 15 heavy (non-hydrogen) atoms. The van der Waals surface area contributed by atoms with Crippen LogP contribution in [0.5, 0.6) is 0 Å². The van der Waals surface area contributed by atoms with Gasteiger partial charge in [0.25, 0.3) is 0 Å². The van der Waals surface area contributed by atoms with Crippen LogP contribution >= 0.6 is 0 Å². The van der Waals surface area contributed by atoms with Crippen molar-refractivity contribution in [2.45, 2.75) is 49.7 Å². The van der Waals surface area contributed by atoms with E-state index >= 15 is 0 Å². The summed E-state index contributed by atoms with van der Waals surface area (Å²) in [5.41, 5.74) is 0. The molecular formula is C10H18O4S. The van der Waals surface area contributed by atoms with Crippen molar-refractivity contribution in [1.82, 2.24) is 0 Å². The minimum absolute atomic E-state index is 0.0720. The summed E-state index contributed by atoms with van der Waals surface area (Å²) in [7, 11) is -2.95. The van der Waals surface area contributed by atoms with Gasteiger partial charge in [-0.25, -0.2) is 8.42 Å². The van der Waals surface area contributed by atoms with Gasteiger partial charge in [0.1, 0.15) is 0 Å². The second kappa shape index (κ2) is 3.18. The molecule has 0 bridgehead atoms. The Morgan fingerprint density at radius 2 is 1.93 bits per heavy atom. The maximum absolute atomic E-state index is 11.6. The van der Waals surface area contributed by atoms with E-state index in [1.165, 1.54) is 6.26 Å². The van der Waals surface area contributed by atoms with Gasteiger partial charge in [-0.15, -0.1) is 0 Å². The van der Waals surface area contributed by atoms with Gasteiger partial charge in [-0.3, -0.25) is 0 Å². The first-order chi connectivity index (χ1) is 6.74. The maximum atomic E-state index is 11.6. The van der Waals surface area contributed by atoms with Gasteiger partial charge in [0.2, 0.25) is 0 Å². The van der Waals surface area contributed by atoms with Gasteiger partial charge in [-0.1, -0.05) is 0 Å². The molecule has 88 valence electrons. The van der Waals surface area contributed by atoms with Gasteiger partial charge in [0, 0.05) is 6.26 Å². The molecule has 0 aromatic heterocycles. The fourth-order valence-corrected chi connectivity index (χ4v) is 3.48. The molecule has 4 nitrogen and oxygen atoms in total. The Kier molecular flexibility index (Phi) is 2.41. The average Bonchev–Trinajstić information content (AvgIpc) is 2.73. The van der Waals surface area contributed by atoms with E-state index in [0.717, 1.165) is 12.8 Å². The van der Waals surface area contributed by atoms with E-state index in [1.54, 1.807) is 0 Å². The zero-order valence-electron chi connectivity index (χ0n) is 9.45. The van der Waals surface area contributed by atoms with Gasteiger partial charge in [0.05, 0.1) is 17.5 Å². The molecule has 5 heteroatoms. The molecule has 0 spiro atoms. The lowest BCUT2D eigenvalue weighted by molar-refractivity contribution is -0.139. The van der Waals surface area contributed by atoms with Crippen molar-refractivity contribution in [1.29, 1.82) is 0 Å². The van der Waals surface area contributed by atoms with Gasteiger partial charge < -0.3 is 9.47 Å². The highest BCUT2D eigenvalue weighted by Crippen LogP contribution is 2.48. The monoisotopic (exact) mass is 234 g/mol. The van der Waals surface area contributed by atoms with E-state index < -0.39 is 20.4 Å². The number of ether oxygens (including phenoxy) is 2. The summed E-state index contributed by atoms with van der Waals surface area (Å²) in [6, 6.07) is 0. The molecule has 0 N–H and O–H groups in total. The summed E-state index contributed by atoms with van der Waals surface area (Å²) in [5, 5.41) is 0. The van der Waals surface area contributed by atoms with E-state index in [4.69, 9.17) is 9.47 Å². The Morgan fingerprint density at radius 3 is 2.27 bits per heavy atom. The van der Waals surface area contributed by atoms with Crippen LogP contribution in [0, 0.1) is 0 Å². The minimum atomic E-state index is -2.95. The summed E-state index contributed by atoms with van der Waals surface area (Å²) in [6.45, 7) is 4.21. The lowest BCUT2D eigenvalue weighted by atomic mass is 10.2. The first-order valence-electron chi connectivity index (χ1n) is 5.26. The average molecular weight is 234 g/mol. The van der Waals surface area contributed by atoms with Gasteiger partial charge in [0.15, 0.2) is 15.6 Å². The van der Waals surface area contributed by atoms with Crippen molar-refractivity contribution >= 4 is 9.84 Å². The first-order valence-corrected chi connectivity index (χ1v) is 7.15. The Bertz CT molecular complexity index is 354. The summed E-state index contributed by atoms with van der Waals surface area (Å²) in [6.07, 6.45) is 3.37. The number of sulfone groups is 1. The molecule has 1 saturated heterocycles. The van der Waals surface area contributed by atoms with Crippen molar-refractivity contribution < 1.29 is 17.9 Å². The van der Waals surface area contributed by atoms with Crippen molar-refractivity contribution in [3.63, 3.8) is 0 Å². The van der Waals surface area contributed by atoms with Crippen molar-refractivity contribution in [3.8, 4) is 0 Å². The molecule has 0 unspecified atom stereocenters. The van der Waals surface area contributed by atoms with E-state index in [1.807, 2.05) is 13.8 Å². The molecule has 2 fully saturated rings. The highest BCUT2D eigenvalue weighted by molar-refractivity contribution is 7.92. The van der Waals surface area contributed by atoms with Crippen LogP contribution < -0.4 is 0 Å². The summed E-state index contributed by atoms with van der Waals surface area (Å²) < 4.78 is 33.7. The molecule has 1 heterocycles. The lowest BCUT2D eigenvalue weighted by Crippen LogP contribution is -2.30. The third-order valence-electron chi connectivity index (χ3n) is 3.26. The van der Waals surface area contributed by atoms with Gasteiger partial charge in [-0.05, 0) is 33.1 Å². The smallest absolute Gasteiger partial charge is 0.163 e. The Hall–Kier alpha value is -0.130. The zero-order chi connectivity index (χ0) is 11.3. The van der Waals surface area contributed by atoms with E-state index in [0.29, 0.717) is 13.0 Å². The second-order valence-electron chi connectivity index (χ2n) is 5.11. The van der Waals surface area contributed by atoms with Crippen molar-refractivity contribution in [2.24, 2.45) is 0 Å². The third kappa shape index (κ3) is 2.19. The van der Waals surface area contributed by atoms with Crippen LogP contribution in [0.1, 0.15) is 33.1 Å². The highest BCUT2D eigenvalue weighted by Gasteiger charge is 2.54. The SMILES string of the molecule is CC1(C)OC[C@H](CC2(S(C)(=O)=O)CC2)O1. The highest BCUT2D eigenvalue weighted by atomic mass is 32.2. The van der Waals surface area contributed by atoms with Crippen LogP contribution in [0.25, 0.3) is 0 Å². The molecule has 0 aromatic rings. The van der Waals surface area contributed by atoms with Crippen LogP contribution in [0.4, 0.5) is 0 Å². The molecule has 2 aliphatic rings. The molecule has 2 rings (SSSR count). The van der Waals surface area contributed by atoms with Crippen molar-refractivity contribution in [2.75, 3.05) is 12.9 Å². The molecule has 0 radical (unpaired) electrons. The van der Waals surface area contributed by atoms with E-state index in [-0.39, 0.29) is 6.10 Å². The number of hydrogen-bond acceptors (Lipinski definition) is 4. The predicted octanol–water partition coefficient (Wildman–Crippen LogP) is 1.11. The predicted molar refractivity (Wildman–Crippen MR) is 56.3 cm³/mol. The second-order valence-corrected chi connectivity index (χ2v) is 7.52. The quantitative estimate of drug-likeness (QED) is 0.734. The van der Waals surface area contributed by atoms with Crippen LogP contribution in [-0.2, 0) is 19.3 Å². The fourth-order valence-electron chi connectivity index (χ4n) is 2.14. The van der Waals surface area contributed by atoms with E-state index in [9.17, 15) is 8.42 Å². The van der Waals surface area contributed by atoms with E-state index in [2.05, 4.69) is 0 Å². The molecule has 0 aromatic carbocycles. The van der Waals surface area contributed by atoms with Crippen LogP contribution in [0.15, 0.2) is 0 Å². The third-order valence-corrected chi connectivity index (χ3v) is 5.41. The summed E-state index contributed by atoms with van der Waals surface area (Å²) >= 11 is 0. The standard InChI is InChI=1S/C10H18O4S/c1-9(2)13-7-8(14-9)6-10(4-5-10)15(3,11)12/h8H,4-7H2,1-3H3/t8-/m0/s1. The molecule has 1 aliphatic heterocycles. The summed E-state index contributed by atoms with van der Waals surface area (Å²) in [5.74, 6) is -0.557. The van der Waals surface area contributed by atoms with Crippen molar-refractivity contribution in [3.05, 3.63) is 0 Å². The van der Waals surface area contributed by atoms with Crippen LogP contribution in [0.3, 0.4) is 0 Å². The summed E-state index contributed by atoms with van der Waals surface area (Å²) in [4.78, 5) is 0. The zero-order valence-corrected chi connectivity index (χ0v) is 10.3. The van der Waals surface area contributed by atoms with Crippen LogP contribution in [0.2, 0.25) is 0 Å². The lowest BCUT2D eigenvalue weighted by Gasteiger charge is -2.20. The Morgan fingerprint density at radius 1 is 1.33 bits per heavy atom. The minimum Gasteiger partial charge on any atom is -0.348 e. The maximum Gasteiger partial charge on any atom is 0.163 e. The molecule has 1 aliphatic carbocycles. The van der Waals surface area contributed by atoms with Gasteiger partial charge >= 0.3 is 0 Å². The fraction of sp³-hybridized carbons (Fsp3) is 1.00. The number of hydrogen-bond donors (Lipinski definition) is 0. The topological polar surface area (TPSA) is 52.6 Å².